The maximum atomic E-state index is 5.28. The van der Waals surface area contributed by atoms with Gasteiger partial charge in [-0.05, 0) is 37.3 Å². The fourth-order valence-electron chi connectivity index (χ4n) is 2.71. The number of nitrogens with zero attached hydrogens (tertiary/aromatic N) is 3. The Morgan fingerprint density at radius 1 is 0.840 bits per heavy atom. The molecule has 0 aliphatic carbocycles. The number of hydrogen-bond acceptors (Lipinski definition) is 8. The Hall–Kier alpha value is -2.29. The molecule has 3 aromatic heterocycles. The van der Waals surface area contributed by atoms with Crippen molar-refractivity contribution in [1.29, 1.82) is 0 Å². The Bertz CT molecular complexity index is 1240. The second-order valence-electron chi connectivity index (χ2n) is 5.49. The van der Waals surface area contributed by atoms with Crippen molar-refractivity contribution in [3.05, 3.63) is 35.3 Å². The molecule has 5 nitrogen and oxygen atoms in total. The summed E-state index contributed by atoms with van der Waals surface area (Å²) in [5.41, 5.74) is 2.98. The third-order valence-electron chi connectivity index (χ3n) is 3.83. The van der Waals surface area contributed by atoms with Crippen LogP contribution in [0.5, 0.6) is 5.75 Å². The zero-order chi connectivity index (χ0) is 17.0. The third-order valence-corrected chi connectivity index (χ3v) is 6.90. The van der Waals surface area contributed by atoms with Gasteiger partial charge in [-0.25, -0.2) is 15.0 Å². The first kappa shape index (κ1) is 15.0. The molecule has 0 fully saturated rings. The van der Waals surface area contributed by atoms with E-state index in [2.05, 4.69) is 15.3 Å². The summed E-state index contributed by atoms with van der Waals surface area (Å²) >= 11 is 4.95. The molecule has 0 aliphatic heterocycles. The van der Waals surface area contributed by atoms with Crippen molar-refractivity contribution in [2.45, 2.75) is 6.92 Å². The van der Waals surface area contributed by atoms with E-state index < -0.39 is 0 Å². The van der Waals surface area contributed by atoms with Gasteiger partial charge < -0.3 is 10.1 Å². The van der Waals surface area contributed by atoms with Crippen LogP contribution in [0.15, 0.2) is 30.3 Å². The van der Waals surface area contributed by atoms with E-state index in [4.69, 9.17) is 9.72 Å². The van der Waals surface area contributed by atoms with Gasteiger partial charge in [0, 0.05) is 0 Å². The number of fused-ring (bicyclic) bond motifs is 4. The normalized spacial score (nSPS) is 11.6. The maximum absolute atomic E-state index is 5.28. The summed E-state index contributed by atoms with van der Waals surface area (Å²) in [7, 11) is 1.67. The zero-order valence-electron chi connectivity index (χ0n) is 13.4. The van der Waals surface area contributed by atoms with Crippen LogP contribution in [0.1, 0.15) is 5.01 Å². The fraction of sp³-hybridized carbons (Fsp3) is 0.118. The van der Waals surface area contributed by atoms with E-state index in [0.29, 0.717) is 0 Å². The summed E-state index contributed by atoms with van der Waals surface area (Å²) in [6, 6.07) is 9.96. The molecule has 5 aromatic rings. The number of anilines is 2. The number of ether oxygens (including phenoxy) is 1. The summed E-state index contributed by atoms with van der Waals surface area (Å²) in [4.78, 5) is 13.9. The van der Waals surface area contributed by atoms with Gasteiger partial charge in [-0.3, -0.25) is 0 Å². The lowest BCUT2D eigenvalue weighted by atomic mass is 10.3. The lowest BCUT2D eigenvalue weighted by Gasteiger charge is -1.96. The predicted molar refractivity (Wildman–Crippen MR) is 107 cm³/mol. The van der Waals surface area contributed by atoms with Crippen LogP contribution in [0.4, 0.5) is 10.3 Å². The second-order valence-corrected chi connectivity index (χ2v) is 8.72. The monoisotopic (exact) mass is 384 g/mol. The molecule has 25 heavy (non-hydrogen) atoms. The van der Waals surface area contributed by atoms with Crippen molar-refractivity contribution in [1.82, 2.24) is 15.0 Å². The first-order valence-corrected chi connectivity index (χ1v) is 10.0. The van der Waals surface area contributed by atoms with Crippen molar-refractivity contribution in [2.75, 3.05) is 12.4 Å². The minimum Gasteiger partial charge on any atom is -0.497 e. The Labute approximate surface area is 155 Å². The zero-order valence-corrected chi connectivity index (χ0v) is 15.8. The number of thiazole rings is 3. The molecule has 0 bridgehead atoms. The smallest absolute Gasteiger partial charge is 0.190 e. The summed E-state index contributed by atoms with van der Waals surface area (Å²) < 4.78 is 8.74. The Morgan fingerprint density at radius 3 is 2.36 bits per heavy atom. The highest BCUT2D eigenvalue weighted by molar-refractivity contribution is 7.29. The van der Waals surface area contributed by atoms with Crippen LogP contribution in [0.3, 0.4) is 0 Å². The summed E-state index contributed by atoms with van der Waals surface area (Å²) in [5, 5.41) is 6.10. The number of benzene rings is 2. The van der Waals surface area contributed by atoms with Crippen LogP contribution in [0, 0.1) is 6.92 Å². The van der Waals surface area contributed by atoms with E-state index in [1.807, 2.05) is 37.3 Å². The van der Waals surface area contributed by atoms with Gasteiger partial charge in [0.1, 0.15) is 5.75 Å². The van der Waals surface area contributed by atoms with E-state index >= 15 is 0 Å². The van der Waals surface area contributed by atoms with E-state index in [1.165, 1.54) is 9.40 Å². The van der Waals surface area contributed by atoms with Crippen molar-refractivity contribution >= 4 is 74.9 Å². The molecule has 0 spiro atoms. The molecule has 1 N–H and O–H groups in total. The molecular weight excluding hydrogens is 372 g/mol. The number of hydrogen-bond donors (Lipinski definition) is 1. The number of methoxy groups -OCH3 is 1. The van der Waals surface area contributed by atoms with Crippen molar-refractivity contribution in [2.24, 2.45) is 0 Å². The average molecular weight is 385 g/mol. The molecule has 124 valence electrons. The predicted octanol–water partition coefficient (Wildman–Crippen LogP) is 5.58. The lowest BCUT2D eigenvalue weighted by Crippen LogP contribution is -1.87. The summed E-state index contributed by atoms with van der Waals surface area (Å²) in [6.45, 7) is 2.03. The van der Waals surface area contributed by atoms with Gasteiger partial charge in [-0.15, -0.1) is 11.3 Å². The van der Waals surface area contributed by atoms with E-state index in [-0.39, 0.29) is 0 Å². The van der Waals surface area contributed by atoms with Gasteiger partial charge in [-0.1, -0.05) is 22.7 Å². The van der Waals surface area contributed by atoms with Crippen LogP contribution in [-0.4, -0.2) is 22.1 Å². The molecule has 0 unspecified atom stereocenters. The van der Waals surface area contributed by atoms with Gasteiger partial charge >= 0.3 is 0 Å². The Morgan fingerprint density at radius 2 is 1.52 bits per heavy atom. The number of nitrogens with one attached hydrogen (secondary N) is 1. The molecule has 0 radical (unpaired) electrons. The molecule has 5 rings (SSSR count). The maximum Gasteiger partial charge on any atom is 0.190 e. The molecule has 0 aliphatic rings. The topological polar surface area (TPSA) is 59.9 Å². The lowest BCUT2D eigenvalue weighted by molar-refractivity contribution is 0.415. The van der Waals surface area contributed by atoms with Crippen LogP contribution in [0.25, 0.3) is 30.6 Å². The second kappa shape index (κ2) is 5.62. The minimum absolute atomic E-state index is 0.832. The standard InChI is InChI=1S/C17H12N4OS3/c1-8-18-11-5-6-12-15(14(11)23-8)25-17(20-12)21-16-19-10-4-3-9(22-2)7-13(10)24-16/h3-7H,1-2H3,(H,19,20,21). The molecule has 0 amide bonds. The molecule has 0 saturated heterocycles. The number of rotatable bonds is 3. The van der Waals surface area contributed by atoms with Crippen molar-refractivity contribution < 1.29 is 4.74 Å². The average Bonchev–Trinajstić information content (AvgIpc) is 3.28. The fourth-order valence-corrected chi connectivity index (χ4v) is 5.68. The van der Waals surface area contributed by atoms with Crippen LogP contribution >= 0.6 is 34.0 Å². The number of aromatic nitrogens is 3. The van der Waals surface area contributed by atoms with Crippen LogP contribution in [-0.2, 0) is 0 Å². The highest BCUT2D eigenvalue weighted by Gasteiger charge is 2.12. The van der Waals surface area contributed by atoms with Gasteiger partial charge in [0.05, 0.1) is 42.8 Å². The number of aryl methyl sites for hydroxylation is 1. The molecule has 0 atom stereocenters. The highest BCUT2D eigenvalue weighted by atomic mass is 32.1. The Kier molecular flexibility index (Phi) is 3.37. The first-order valence-electron chi connectivity index (χ1n) is 7.58. The van der Waals surface area contributed by atoms with Crippen LogP contribution < -0.4 is 10.1 Å². The van der Waals surface area contributed by atoms with E-state index in [9.17, 15) is 0 Å². The van der Waals surface area contributed by atoms with E-state index in [1.54, 1.807) is 41.1 Å². The van der Waals surface area contributed by atoms with Gasteiger partial charge in [0.2, 0.25) is 0 Å². The minimum atomic E-state index is 0.832. The quantitative estimate of drug-likeness (QED) is 0.440. The van der Waals surface area contributed by atoms with Crippen molar-refractivity contribution in [3.63, 3.8) is 0 Å². The van der Waals surface area contributed by atoms with Gasteiger partial charge in [0.25, 0.3) is 0 Å². The first-order chi connectivity index (χ1) is 12.2. The van der Waals surface area contributed by atoms with Crippen molar-refractivity contribution in [3.8, 4) is 5.75 Å². The molecular formula is C17H12N4OS3. The van der Waals surface area contributed by atoms with Gasteiger partial charge in [-0.2, -0.15) is 0 Å². The molecule has 3 heterocycles. The SMILES string of the molecule is COc1ccc2nc(Nc3nc4ccc5nc(C)sc5c4s3)sc2c1. The molecule has 2 aromatic carbocycles. The molecule has 8 heteroatoms. The summed E-state index contributed by atoms with van der Waals surface area (Å²) in [5.74, 6) is 0.839. The van der Waals surface area contributed by atoms with Gasteiger partial charge in [0.15, 0.2) is 10.3 Å². The highest BCUT2D eigenvalue weighted by Crippen LogP contribution is 2.38. The third kappa shape index (κ3) is 2.53. The Balaban J connectivity index is 1.56. The van der Waals surface area contributed by atoms with Crippen LogP contribution in [0.2, 0.25) is 0 Å². The largest absolute Gasteiger partial charge is 0.497 e. The molecule has 0 saturated carbocycles. The summed E-state index contributed by atoms with van der Waals surface area (Å²) in [6.07, 6.45) is 0. The van der Waals surface area contributed by atoms with E-state index in [0.717, 1.165) is 42.3 Å².